The van der Waals surface area contributed by atoms with Gasteiger partial charge in [0.05, 0.1) is 30.3 Å². The summed E-state index contributed by atoms with van der Waals surface area (Å²) < 4.78 is 10.5. The lowest BCUT2D eigenvalue weighted by atomic mass is 10.1. The number of ether oxygens (including phenoxy) is 2. The molecule has 0 unspecified atom stereocenters. The maximum Gasteiger partial charge on any atom is 0.335 e. The fraction of sp³-hybridized carbons (Fsp3) is 0.263. The van der Waals surface area contributed by atoms with E-state index in [2.05, 4.69) is 5.32 Å². The first-order chi connectivity index (χ1) is 13.4. The Bertz CT molecular complexity index is 896. The summed E-state index contributed by atoms with van der Waals surface area (Å²) in [6.45, 7) is 2.19. The van der Waals surface area contributed by atoms with E-state index in [0.29, 0.717) is 6.42 Å². The SMILES string of the molecule is CCOc1cc([N+](=O)[O-])c(C(=O)NCCc2cccc(C(=O)O)c2)cc1OC. The number of nitrogens with zero attached hydrogens (tertiary/aromatic N) is 1. The summed E-state index contributed by atoms with van der Waals surface area (Å²) in [7, 11) is 1.38. The number of nitro groups is 1. The summed E-state index contributed by atoms with van der Waals surface area (Å²) in [4.78, 5) is 34.2. The summed E-state index contributed by atoms with van der Waals surface area (Å²) in [5.74, 6) is -1.28. The second-order valence-electron chi connectivity index (χ2n) is 5.72. The molecular formula is C19H20N2O7. The number of nitro benzene ring substituents is 1. The predicted octanol–water partition coefficient (Wildman–Crippen LogP) is 2.67. The zero-order chi connectivity index (χ0) is 20.7. The third-order valence-corrected chi connectivity index (χ3v) is 3.90. The number of carbonyl (C=O) groups excluding carboxylic acids is 1. The first kappa shape index (κ1) is 20.7. The summed E-state index contributed by atoms with van der Waals surface area (Å²) in [5, 5.41) is 23.0. The third-order valence-electron chi connectivity index (χ3n) is 3.90. The highest BCUT2D eigenvalue weighted by Crippen LogP contribution is 2.34. The number of methoxy groups -OCH3 is 1. The highest BCUT2D eigenvalue weighted by molar-refractivity contribution is 5.99. The molecule has 148 valence electrons. The van der Waals surface area contributed by atoms with Crippen LogP contribution in [0.2, 0.25) is 0 Å². The van der Waals surface area contributed by atoms with Crippen molar-refractivity contribution in [2.75, 3.05) is 20.3 Å². The van der Waals surface area contributed by atoms with Crippen LogP contribution in [0.1, 0.15) is 33.2 Å². The zero-order valence-corrected chi connectivity index (χ0v) is 15.4. The smallest absolute Gasteiger partial charge is 0.335 e. The molecule has 0 bridgehead atoms. The molecule has 1 amide bonds. The monoisotopic (exact) mass is 388 g/mol. The predicted molar refractivity (Wildman–Crippen MR) is 100 cm³/mol. The second-order valence-corrected chi connectivity index (χ2v) is 5.72. The van der Waals surface area contributed by atoms with Gasteiger partial charge in [0.2, 0.25) is 0 Å². The molecule has 0 radical (unpaired) electrons. The fourth-order valence-electron chi connectivity index (χ4n) is 2.59. The number of carboxylic acids is 1. The van der Waals surface area contributed by atoms with Crippen LogP contribution in [0.4, 0.5) is 5.69 Å². The Morgan fingerprint density at radius 3 is 2.57 bits per heavy atom. The van der Waals surface area contributed by atoms with Crippen molar-refractivity contribution in [3.05, 3.63) is 63.2 Å². The van der Waals surface area contributed by atoms with Crippen LogP contribution in [-0.2, 0) is 6.42 Å². The van der Waals surface area contributed by atoms with Crippen molar-refractivity contribution in [1.82, 2.24) is 5.32 Å². The van der Waals surface area contributed by atoms with Crippen LogP contribution in [0.25, 0.3) is 0 Å². The topological polar surface area (TPSA) is 128 Å². The maximum absolute atomic E-state index is 12.5. The van der Waals surface area contributed by atoms with Gasteiger partial charge in [0.25, 0.3) is 11.6 Å². The van der Waals surface area contributed by atoms with Crippen molar-refractivity contribution in [3.63, 3.8) is 0 Å². The first-order valence-electron chi connectivity index (χ1n) is 8.47. The molecule has 0 aromatic heterocycles. The number of aromatic carboxylic acids is 1. The molecule has 0 atom stereocenters. The molecule has 0 aliphatic heterocycles. The van der Waals surface area contributed by atoms with Gasteiger partial charge in [-0.05, 0) is 31.0 Å². The molecule has 0 fully saturated rings. The van der Waals surface area contributed by atoms with Gasteiger partial charge in [-0.15, -0.1) is 0 Å². The molecule has 28 heavy (non-hydrogen) atoms. The highest BCUT2D eigenvalue weighted by atomic mass is 16.6. The van der Waals surface area contributed by atoms with E-state index in [-0.39, 0.29) is 35.8 Å². The minimum Gasteiger partial charge on any atom is -0.493 e. The molecule has 9 nitrogen and oxygen atoms in total. The van der Waals surface area contributed by atoms with E-state index >= 15 is 0 Å². The van der Waals surface area contributed by atoms with Crippen LogP contribution in [0.15, 0.2) is 36.4 Å². The molecule has 2 rings (SSSR count). The number of hydrogen-bond acceptors (Lipinski definition) is 6. The number of rotatable bonds is 9. The molecular weight excluding hydrogens is 368 g/mol. The fourth-order valence-corrected chi connectivity index (χ4v) is 2.59. The minimum absolute atomic E-state index is 0.149. The third kappa shape index (κ3) is 4.97. The number of nitrogens with one attached hydrogen (secondary N) is 1. The van der Waals surface area contributed by atoms with E-state index in [1.807, 2.05) is 0 Å². The van der Waals surface area contributed by atoms with Gasteiger partial charge in [-0.3, -0.25) is 14.9 Å². The van der Waals surface area contributed by atoms with Crippen molar-refractivity contribution in [1.29, 1.82) is 0 Å². The van der Waals surface area contributed by atoms with Crippen LogP contribution in [0.5, 0.6) is 11.5 Å². The van der Waals surface area contributed by atoms with Crippen LogP contribution >= 0.6 is 0 Å². The molecule has 0 saturated heterocycles. The summed E-state index contributed by atoms with van der Waals surface area (Å²) in [6.07, 6.45) is 0.370. The zero-order valence-electron chi connectivity index (χ0n) is 15.4. The summed E-state index contributed by atoms with van der Waals surface area (Å²) in [6, 6.07) is 8.76. The highest BCUT2D eigenvalue weighted by Gasteiger charge is 2.24. The standard InChI is InChI=1S/C19H20N2O7/c1-3-28-17-11-15(21(25)26)14(10-16(17)27-2)18(22)20-8-7-12-5-4-6-13(9-12)19(23)24/h4-6,9-11H,3,7-8H2,1-2H3,(H,20,22)(H,23,24). The maximum atomic E-state index is 12.5. The van der Waals surface area contributed by atoms with E-state index in [4.69, 9.17) is 14.6 Å². The van der Waals surface area contributed by atoms with Gasteiger partial charge in [0.1, 0.15) is 5.56 Å². The van der Waals surface area contributed by atoms with E-state index in [1.54, 1.807) is 19.1 Å². The number of amides is 1. The van der Waals surface area contributed by atoms with Crippen molar-refractivity contribution < 1.29 is 29.1 Å². The number of benzene rings is 2. The molecule has 2 aromatic rings. The lowest BCUT2D eigenvalue weighted by molar-refractivity contribution is -0.385. The Morgan fingerprint density at radius 2 is 1.96 bits per heavy atom. The second kappa shape index (κ2) is 9.36. The molecule has 0 heterocycles. The van der Waals surface area contributed by atoms with E-state index in [0.717, 1.165) is 11.6 Å². The van der Waals surface area contributed by atoms with Crippen LogP contribution < -0.4 is 14.8 Å². The summed E-state index contributed by atoms with van der Waals surface area (Å²) >= 11 is 0. The van der Waals surface area contributed by atoms with Crippen molar-refractivity contribution in [2.24, 2.45) is 0 Å². The van der Waals surface area contributed by atoms with Crippen LogP contribution in [-0.4, -0.2) is 42.2 Å². The van der Waals surface area contributed by atoms with Crippen LogP contribution in [0.3, 0.4) is 0 Å². The van der Waals surface area contributed by atoms with Gasteiger partial charge in [0, 0.05) is 12.6 Å². The van der Waals surface area contributed by atoms with Gasteiger partial charge in [-0.2, -0.15) is 0 Å². The van der Waals surface area contributed by atoms with Crippen molar-refractivity contribution in [2.45, 2.75) is 13.3 Å². The summed E-state index contributed by atoms with van der Waals surface area (Å²) in [5.41, 5.74) is 0.328. The van der Waals surface area contributed by atoms with E-state index in [1.165, 1.54) is 25.3 Å². The van der Waals surface area contributed by atoms with Crippen molar-refractivity contribution in [3.8, 4) is 11.5 Å². The molecule has 0 saturated carbocycles. The minimum atomic E-state index is -1.04. The Kier molecular flexibility index (Phi) is 6.91. The molecule has 0 aliphatic rings. The Hall–Kier alpha value is -3.62. The molecule has 2 N–H and O–H groups in total. The number of carbonyl (C=O) groups is 2. The lowest BCUT2D eigenvalue weighted by Gasteiger charge is -2.12. The normalized spacial score (nSPS) is 10.2. The number of carboxylic acid groups (broad SMARTS) is 1. The molecule has 0 aliphatic carbocycles. The average Bonchev–Trinajstić information content (AvgIpc) is 2.67. The largest absolute Gasteiger partial charge is 0.493 e. The van der Waals surface area contributed by atoms with Gasteiger partial charge < -0.3 is 19.9 Å². The van der Waals surface area contributed by atoms with E-state index < -0.39 is 22.5 Å². The van der Waals surface area contributed by atoms with E-state index in [9.17, 15) is 19.7 Å². The number of hydrogen-bond donors (Lipinski definition) is 2. The van der Waals surface area contributed by atoms with Gasteiger partial charge in [0.15, 0.2) is 11.5 Å². The van der Waals surface area contributed by atoms with Crippen LogP contribution in [0, 0.1) is 10.1 Å². The quantitative estimate of drug-likeness (QED) is 0.499. The Labute approximate surface area is 161 Å². The van der Waals surface area contributed by atoms with Crippen molar-refractivity contribution >= 4 is 17.6 Å². The Morgan fingerprint density at radius 1 is 1.21 bits per heavy atom. The molecule has 0 spiro atoms. The molecule has 9 heteroatoms. The molecule has 2 aromatic carbocycles. The average molecular weight is 388 g/mol. The lowest BCUT2D eigenvalue weighted by Crippen LogP contribution is -2.26. The van der Waals surface area contributed by atoms with Gasteiger partial charge >= 0.3 is 5.97 Å². The Balaban J connectivity index is 2.16. The van der Waals surface area contributed by atoms with Gasteiger partial charge in [-0.1, -0.05) is 12.1 Å². The first-order valence-corrected chi connectivity index (χ1v) is 8.47. The van der Waals surface area contributed by atoms with Gasteiger partial charge in [-0.25, -0.2) is 4.79 Å².